The summed E-state index contributed by atoms with van der Waals surface area (Å²) >= 11 is 6.07. The molecule has 0 unspecified atom stereocenters. The fourth-order valence-electron chi connectivity index (χ4n) is 3.69. The van der Waals surface area contributed by atoms with Crippen LogP contribution in [0, 0.1) is 6.92 Å². The van der Waals surface area contributed by atoms with Gasteiger partial charge < -0.3 is 8.98 Å². The predicted molar refractivity (Wildman–Crippen MR) is 123 cm³/mol. The zero-order valence-electron chi connectivity index (χ0n) is 17.6. The molecule has 160 valence electrons. The molecule has 5 rings (SSSR count). The second kappa shape index (κ2) is 8.09. The van der Waals surface area contributed by atoms with Gasteiger partial charge in [0, 0.05) is 17.1 Å². The average Bonchev–Trinajstić information content (AvgIpc) is 3.39. The van der Waals surface area contributed by atoms with Gasteiger partial charge in [-0.2, -0.15) is 0 Å². The Balaban J connectivity index is 1.68. The van der Waals surface area contributed by atoms with Crippen LogP contribution in [0.3, 0.4) is 0 Å². The molecule has 0 fully saturated rings. The van der Waals surface area contributed by atoms with Crippen molar-refractivity contribution in [1.82, 2.24) is 24.1 Å². The van der Waals surface area contributed by atoms with E-state index in [0.717, 1.165) is 11.3 Å². The number of hydrogen-bond donors (Lipinski definition) is 0. The second-order valence-electron chi connectivity index (χ2n) is 7.41. The number of hydrogen-bond acceptors (Lipinski definition) is 5. The van der Waals surface area contributed by atoms with Crippen LogP contribution in [-0.2, 0) is 13.0 Å². The van der Waals surface area contributed by atoms with Crippen molar-refractivity contribution >= 4 is 22.8 Å². The number of benzene rings is 2. The molecule has 0 aliphatic heterocycles. The van der Waals surface area contributed by atoms with E-state index in [2.05, 4.69) is 4.98 Å². The van der Waals surface area contributed by atoms with Crippen LogP contribution >= 0.6 is 11.6 Å². The molecule has 8 heteroatoms. The normalized spacial score (nSPS) is 11.3. The van der Waals surface area contributed by atoms with E-state index in [1.807, 2.05) is 48.7 Å². The molecule has 7 nitrogen and oxygen atoms in total. The number of aryl methyl sites for hydroxylation is 2. The molecule has 32 heavy (non-hydrogen) atoms. The quantitative estimate of drug-likeness (QED) is 0.388. The minimum absolute atomic E-state index is 0.232. The van der Waals surface area contributed by atoms with Gasteiger partial charge >= 0.3 is 0 Å². The minimum Gasteiger partial charge on any atom is -0.441 e. The average molecular weight is 446 g/mol. The van der Waals surface area contributed by atoms with Gasteiger partial charge in [-0.3, -0.25) is 9.36 Å². The monoisotopic (exact) mass is 445 g/mol. The third kappa shape index (κ3) is 3.50. The van der Waals surface area contributed by atoms with Crippen LogP contribution in [-0.4, -0.2) is 24.1 Å². The van der Waals surface area contributed by atoms with Crippen LogP contribution in [0.4, 0.5) is 0 Å². The lowest BCUT2D eigenvalue weighted by Gasteiger charge is -2.12. The topological polar surface area (TPSA) is 78.7 Å². The van der Waals surface area contributed by atoms with Crippen LogP contribution < -0.4 is 5.56 Å². The van der Waals surface area contributed by atoms with Crippen molar-refractivity contribution in [3.63, 3.8) is 0 Å². The summed E-state index contributed by atoms with van der Waals surface area (Å²) in [6, 6.07) is 16.8. The number of oxazole rings is 1. The summed E-state index contributed by atoms with van der Waals surface area (Å²) < 4.78 is 9.35. The van der Waals surface area contributed by atoms with Gasteiger partial charge in [0.25, 0.3) is 5.56 Å². The van der Waals surface area contributed by atoms with Gasteiger partial charge in [-0.1, -0.05) is 29.8 Å². The highest BCUT2D eigenvalue weighted by atomic mass is 35.5. The lowest BCUT2D eigenvalue weighted by molar-refractivity contribution is 0.539. The molecule has 5 aromatic rings. The number of rotatable bonds is 5. The molecule has 0 aliphatic carbocycles. The summed E-state index contributed by atoms with van der Waals surface area (Å²) in [4.78, 5) is 27.3. The number of fused-ring (bicyclic) bond motifs is 1. The highest BCUT2D eigenvalue weighted by Gasteiger charge is 2.20. The Hall–Kier alpha value is -3.71. The molecule has 2 aromatic carbocycles. The van der Waals surface area contributed by atoms with E-state index in [1.54, 1.807) is 35.2 Å². The Morgan fingerprint density at radius 2 is 1.78 bits per heavy atom. The van der Waals surface area contributed by atoms with E-state index in [-0.39, 0.29) is 5.56 Å². The summed E-state index contributed by atoms with van der Waals surface area (Å²) in [6.07, 6.45) is 1.97. The van der Waals surface area contributed by atoms with Crippen LogP contribution in [0.25, 0.3) is 28.3 Å². The first-order valence-electron chi connectivity index (χ1n) is 10.3. The van der Waals surface area contributed by atoms with Crippen LogP contribution in [0.1, 0.15) is 24.2 Å². The molecule has 3 heterocycles. The first-order valence-corrected chi connectivity index (χ1v) is 10.7. The SMILES string of the molecule is CCn1cnc2c(=O)n(-c3ccc(Cl)cc3)c(Cc3nc(-c4ccccc4)oc3C)nc21. The fourth-order valence-corrected chi connectivity index (χ4v) is 3.82. The maximum Gasteiger partial charge on any atom is 0.286 e. The van der Waals surface area contributed by atoms with Gasteiger partial charge in [0.15, 0.2) is 11.2 Å². The molecule has 0 aliphatic rings. The number of aromatic nitrogens is 5. The van der Waals surface area contributed by atoms with Gasteiger partial charge in [0.05, 0.1) is 24.1 Å². The molecule has 3 aromatic heterocycles. The van der Waals surface area contributed by atoms with Crippen LogP contribution in [0.15, 0.2) is 70.1 Å². The Kier molecular flexibility index (Phi) is 5.11. The van der Waals surface area contributed by atoms with Gasteiger partial charge in [-0.15, -0.1) is 0 Å². The van der Waals surface area contributed by atoms with Gasteiger partial charge in [-0.25, -0.2) is 15.0 Å². The summed E-state index contributed by atoms with van der Waals surface area (Å²) in [5, 5.41) is 0.590. The third-order valence-electron chi connectivity index (χ3n) is 5.37. The van der Waals surface area contributed by atoms with Crippen molar-refractivity contribution in [1.29, 1.82) is 0 Å². The first kappa shape index (κ1) is 20.2. The molecule has 0 spiro atoms. The van der Waals surface area contributed by atoms with Gasteiger partial charge in [0.1, 0.15) is 11.6 Å². The molecular weight excluding hydrogens is 426 g/mol. The molecule has 0 saturated carbocycles. The molecule has 0 atom stereocenters. The van der Waals surface area contributed by atoms with E-state index in [1.165, 1.54) is 0 Å². The Labute approximate surface area is 189 Å². The van der Waals surface area contributed by atoms with E-state index in [0.29, 0.717) is 52.3 Å². The highest BCUT2D eigenvalue weighted by molar-refractivity contribution is 6.30. The summed E-state index contributed by atoms with van der Waals surface area (Å²) in [5.74, 6) is 1.78. The fraction of sp³-hybridized carbons (Fsp3) is 0.167. The summed E-state index contributed by atoms with van der Waals surface area (Å²) in [5.41, 5.74) is 2.93. The maximum atomic E-state index is 13.4. The molecule has 0 amide bonds. The molecule has 0 saturated heterocycles. The smallest absolute Gasteiger partial charge is 0.286 e. The van der Waals surface area contributed by atoms with Crippen molar-refractivity contribution in [2.75, 3.05) is 0 Å². The number of nitrogens with zero attached hydrogens (tertiary/aromatic N) is 5. The summed E-state index contributed by atoms with van der Waals surface area (Å²) in [6.45, 7) is 4.52. The summed E-state index contributed by atoms with van der Waals surface area (Å²) in [7, 11) is 0. The number of halogens is 1. The van der Waals surface area contributed by atoms with Gasteiger partial charge in [0.2, 0.25) is 5.89 Å². The molecular formula is C24H20ClN5O2. The zero-order chi connectivity index (χ0) is 22.2. The van der Waals surface area contributed by atoms with Crippen molar-refractivity contribution < 1.29 is 4.42 Å². The zero-order valence-corrected chi connectivity index (χ0v) is 18.4. The number of imidazole rings is 1. The van der Waals surface area contributed by atoms with E-state index in [9.17, 15) is 4.79 Å². The molecule has 0 N–H and O–H groups in total. The lowest BCUT2D eigenvalue weighted by atomic mass is 10.2. The maximum absolute atomic E-state index is 13.4. The Bertz CT molecular complexity index is 1470. The minimum atomic E-state index is -0.232. The highest BCUT2D eigenvalue weighted by Crippen LogP contribution is 2.24. The van der Waals surface area contributed by atoms with Gasteiger partial charge in [-0.05, 0) is 50.2 Å². The predicted octanol–water partition coefficient (Wildman–Crippen LogP) is 4.81. The largest absolute Gasteiger partial charge is 0.441 e. The Morgan fingerprint density at radius 1 is 1.03 bits per heavy atom. The Morgan fingerprint density at radius 3 is 2.50 bits per heavy atom. The van der Waals surface area contributed by atoms with Crippen LogP contribution in [0.5, 0.6) is 0 Å². The third-order valence-corrected chi connectivity index (χ3v) is 5.63. The first-order chi connectivity index (χ1) is 15.5. The second-order valence-corrected chi connectivity index (χ2v) is 7.85. The van der Waals surface area contributed by atoms with E-state index in [4.69, 9.17) is 26.0 Å². The van der Waals surface area contributed by atoms with Crippen LogP contribution in [0.2, 0.25) is 5.02 Å². The van der Waals surface area contributed by atoms with Crippen molar-refractivity contribution in [3.05, 3.63) is 93.6 Å². The standard InChI is InChI=1S/C24H20ClN5O2/c1-3-29-14-26-21-22(29)28-20(30(24(21)31)18-11-9-17(25)10-12-18)13-19-15(2)32-23(27-19)16-7-5-4-6-8-16/h4-12,14H,3,13H2,1-2H3. The molecule has 0 radical (unpaired) electrons. The van der Waals surface area contributed by atoms with Crippen molar-refractivity contribution in [3.8, 4) is 17.1 Å². The van der Waals surface area contributed by atoms with Crippen molar-refractivity contribution in [2.24, 2.45) is 0 Å². The van der Waals surface area contributed by atoms with E-state index >= 15 is 0 Å². The lowest BCUT2D eigenvalue weighted by Crippen LogP contribution is -2.25. The van der Waals surface area contributed by atoms with Crippen molar-refractivity contribution in [2.45, 2.75) is 26.8 Å². The molecule has 0 bridgehead atoms. The van der Waals surface area contributed by atoms with E-state index < -0.39 is 0 Å².